The van der Waals surface area contributed by atoms with Crippen LogP contribution in [0.3, 0.4) is 0 Å². The number of benzene rings is 2. The van der Waals surface area contributed by atoms with Crippen molar-refractivity contribution in [2.45, 2.75) is 26.8 Å². The van der Waals surface area contributed by atoms with Gasteiger partial charge < -0.3 is 9.84 Å². The molecule has 0 radical (unpaired) electrons. The summed E-state index contributed by atoms with van der Waals surface area (Å²) >= 11 is 1.28. The van der Waals surface area contributed by atoms with Crippen LogP contribution in [-0.4, -0.2) is 23.4 Å². The molecule has 1 N–H and O–H groups in total. The minimum Gasteiger partial charge on any atom is -0.503 e. The van der Waals surface area contributed by atoms with Crippen molar-refractivity contribution in [1.29, 1.82) is 0 Å². The van der Waals surface area contributed by atoms with Crippen LogP contribution in [0.15, 0.2) is 77.4 Å². The Labute approximate surface area is 191 Å². The van der Waals surface area contributed by atoms with Crippen molar-refractivity contribution in [1.82, 2.24) is 0 Å². The maximum absolute atomic E-state index is 13.3. The number of aryl methyl sites for hydroxylation is 1. The molecule has 164 valence electrons. The van der Waals surface area contributed by atoms with Gasteiger partial charge in [-0.2, -0.15) is 0 Å². The molecule has 1 unspecified atom stereocenters. The van der Waals surface area contributed by atoms with E-state index in [1.807, 2.05) is 55.5 Å². The number of anilines is 1. The third-order valence-corrected chi connectivity index (χ3v) is 6.16. The fourth-order valence-corrected chi connectivity index (χ4v) is 4.35. The lowest BCUT2D eigenvalue weighted by molar-refractivity contribution is -0.117. The van der Waals surface area contributed by atoms with Gasteiger partial charge in [-0.25, -0.2) is 0 Å². The maximum atomic E-state index is 13.3. The zero-order valence-corrected chi connectivity index (χ0v) is 19.1. The van der Waals surface area contributed by atoms with Crippen LogP contribution in [0, 0.1) is 12.8 Å². The number of amides is 1. The summed E-state index contributed by atoms with van der Waals surface area (Å²) in [5.41, 5.74) is 2.48. The van der Waals surface area contributed by atoms with Gasteiger partial charge in [-0.1, -0.05) is 49.7 Å². The Kier molecular flexibility index (Phi) is 6.15. The molecule has 0 spiro atoms. The number of hydrogen-bond acceptors (Lipinski definition) is 5. The first-order valence-corrected chi connectivity index (χ1v) is 11.4. The van der Waals surface area contributed by atoms with Crippen molar-refractivity contribution >= 4 is 28.7 Å². The number of nitrogens with zero attached hydrogens (tertiary/aromatic N) is 1. The van der Waals surface area contributed by atoms with Gasteiger partial charge in [0.2, 0.25) is 5.78 Å². The molecule has 0 bridgehead atoms. The Hall–Kier alpha value is -3.38. The molecule has 4 rings (SSSR count). The summed E-state index contributed by atoms with van der Waals surface area (Å²) in [6, 6.07) is 17.5. The van der Waals surface area contributed by atoms with Gasteiger partial charge >= 0.3 is 0 Å². The van der Waals surface area contributed by atoms with Crippen LogP contribution < -0.4 is 9.64 Å². The first kappa shape index (κ1) is 21.8. The molecule has 0 aliphatic carbocycles. The van der Waals surface area contributed by atoms with E-state index in [4.69, 9.17) is 4.74 Å². The number of hydrogen-bond donors (Lipinski definition) is 1. The first-order chi connectivity index (χ1) is 15.4. The normalized spacial score (nSPS) is 16.2. The van der Waals surface area contributed by atoms with Crippen molar-refractivity contribution in [2.24, 2.45) is 5.92 Å². The Morgan fingerprint density at radius 3 is 2.38 bits per heavy atom. The molecule has 1 amide bonds. The van der Waals surface area contributed by atoms with Gasteiger partial charge in [0, 0.05) is 5.69 Å². The van der Waals surface area contributed by atoms with Gasteiger partial charge in [0.15, 0.2) is 5.76 Å². The second kappa shape index (κ2) is 9.01. The van der Waals surface area contributed by atoms with E-state index < -0.39 is 17.7 Å². The van der Waals surface area contributed by atoms with Crippen LogP contribution in [0.5, 0.6) is 5.75 Å². The SMILES string of the molecule is Cc1ccc(N2C(=O)C(O)=C(C(=O)c3cccs3)C2c2ccc(OCC(C)C)cc2)cc1. The fraction of sp³-hybridized carbons (Fsp3) is 0.231. The number of aliphatic hydroxyl groups excluding tert-OH is 1. The smallest absolute Gasteiger partial charge is 0.294 e. The summed E-state index contributed by atoms with van der Waals surface area (Å²) in [4.78, 5) is 28.4. The van der Waals surface area contributed by atoms with Gasteiger partial charge in [0.05, 0.1) is 23.1 Å². The lowest BCUT2D eigenvalue weighted by Gasteiger charge is -2.27. The van der Waals surface area contributed by atoms with E-state index in [0.29, 0.717) is 28.8 Å². The summed E-state index contributed by atoms with van der Waals surface area (Å²) in [6.45, 7) is 6.71. The highest BCUT2D eigenvalue weighted by Crippen LogP contribution is 2.42. The number of carbonyl (C=O) groups is 2. The molecule has 2 heterocycles. The predicted molar refractivity (Wildman–Crippen MR) is 126 cm³/mol. The minimum absolute atomic E-state index is 0.0915. The Morgan fingerprint density at radius 1 is 1.09 bits per heavy atom. The highest BCUT2D eigenvalue weighted by Gasteiger charge is 2.44. The minimum atomic E-state index is -0.737. The quantitative estimate of drug-likeness (QED) is 0.460. The first-order valence-electron chi connectivity index (χ1n) is 10.5. The molecular weight excluding hydrogens is 422 g/mol. The topological polar surface area (TPSA) is 66.8 Å². The zero-order valence-electron chi connectivity index (χ0n) is 18.2. The molecule has 0 fully saturated rings. The second-order valence-electron chi connectivity index (χ2n) is 8.26. The molecule has 1 aliphatic heterocycles. The Bertz CT molecular complexity index is 1150. The maximum Gasteiger partial charge on any atom is 0.294 e. The predicted octanol–water partition coefficient (Wildman–Crippen LogP) is 5.87. The third kappa shape index (κ3) is 4.18. The average Bonchev–Trinajstić information content (AvgIpc) is 3.41. The number of rotatable bonds is 7. The summed E-state index contributed by atoms with van der Waals surface area (Å²) in [6.07, 6.45) is 0. The highest BCUT2D eigenvalue weighted by atomic mass is 32.1. The summed E-state index contributed by atoms with van der Waals surface area (Å²) in [5, 5.41) is 12.6. The van der Waals surface area contributed by atoms with Crippen molar-refractivity contribution in [2.75, 3.05) is 11.5 Å². The molecular formula is C26H25NO4S. The number of Topliss-reactive ketones (excluding diaryl/α,β-unsaturated/α-hetero) is 1. The molecule has 0 saturated carbocycles. The van der Waals surface area contributed by atoms with Gasteiger partial charge in [0.1, 0.15) is 5.75 Å². The van der Waals surface area contributed by atoms with E-state index in [1.165, 1.54) is 16.2 Å². The van der Waals surface area contributed by atoms with E-state index >= 15 is 0 Å². The van der Waals surface area contributed by atoms with E-state index in [1.54, 1.807) is 17.5 Å². The standard InChI is InChI=1S/C26H25NO4S/c1-16(2)15-31-20-12-8-18(9-13-20)23-22(24(28)21-5-4-14-32-21)25(29)26(30)27(23)19-10-6-17(3)7-11-19/h4-14,16,23,29H,15H2,1-3H3. The second-order valence-corrected chi connectivity index (χ2v) is 9.20. The number of carbonyl (C=O) groups excluding carboxylic acids is 2. The van der Waals surface area contributed by atoms with Crippen molar-refractivity contribution in [3.05, 3.63) is 93.4 Å². The molecule has 1 atom stereocenters. The van der Waals surface area contributed by atoms with Crippen LogP contribution in [0.1, 0.15) is 40.7 Å². The van der Waals surface area contributed by atoms with Crippen LogP contribution in [0.25, 0.3) is 0 Å². The largest absolute Gasteiger partial charge is 0.503 e. The number of aliphatic hydroxyl groups is 1. The lowest BCUT2D eigenvalue weighted by atomic mass is 9.95. The van der Waals surface area contributed by atoms with Crippen LogP contribution in [0.4, 0.5) is 5.69 Å². The lowest BCUT2D eigenvalue weighted by Crippen LogP contribution is -2.31. The number of ketones is 1. The Morgan fingerprint density at radius 2 is 1.78 bits per heavy atom. The number of thiophene rings is 1. The summed E-state index contributed by atoms with van der Waals surface area (Å²) in [5.74, 6) is -0.319. The molecule has 1 aromatic heterocycles. The van der Waals surface area contributed by atoms with Gasteiger partial charge in [-0.15, -0.1) is 11.3 Å². The molecule has 32 heavy (non-hydrogen) atoms. The van der Waals surface area contributed by atoms with Gasteiger partial charge in [-0.05, 0) is 54.1 Å². The van der Waals surface area contributed by atoms with Crippen molar-refractivity contribution < 1.29 is 19.4 Å². The number of ether oxygens (including phenoxy) is 1. The molecule has 5 nitrogen and oxygen atoms in total. The molecule has 2 aromatic carbocycles. The van der Waals surface area contributed by atoms with Crippen LogP contribution >= 0.6 is 11.3 Å². The van der Waals surface area contributed by atoms with Gasteiger partial charge in [-0.3, -0.25) is 14.5 Å². The van der Waals surface area contributed by atoms with Crippen LogP contribution in [-0.2, 0) is 4.79 Å². The summed E-state index contributed by atoms with van der Waals surface area (Å²) in [7, 11) is 0. The fourth-order valence-electron chi connectivity index (χ4n) is 3.67. The Balaban J connectivity index is 1.77. The van der Waals surface area contributed by atoms with Crippen molar-refractivity contribution in [3.8, 4) is 5.75 Å². The van der Waals surface area contributed by atoms with E-state index in [0.717, 1.165) is 11.1 Å². The highest BCUT2D eigenvalue weighted by molar-refractivity contribution is 7.12. The molecule has 3 aromatic rings. The van der Waals surface area contributed by atoms with E-state index in [-0.39, 0.29) is 11.4 Å². The monoisotopic (exact) mass is 447 g/mol. The molecule has 6 heteroatoms. The van der Waals surface area contributed by atoms with E-state index in [9.17, 15) is 14.7 Å². The zero-order chi connectivity index (χ0) is 22.8. The molecule has 1 aliphatic rings. The molecule has 0 saturated heterocycles. The third-order valence-electron chi connectivity index (χ3n) is 5.29. The average molecular weight is 448 g/mol. The van der Waals surface area contributed by atoms with E-state index in [2.05, 4.69) is 13.8 Å². The van der Waals surface area contributed by atoms with Crippen LogP contribution in [0.2, 0.25) is 0 Å². The van der Waals surface area contributed by atoms with Gasteiger partial charge in [0.25, 0.3) is 5.91 Å². The van der Waals surface area contributed by atoms with Crippen molar-refractivity contribution in [3.63, 3.8) is 0 Å². The summed E-state index contributed by atoms with van der Waals surface area (Å²) < 4.78 is 5.78.